The summed E-state index contributed by atoms with van der Waals surface area (Å²) in [4.78, 5) is 0. The van der Waals surface area contributed by atoms with Crippen molar-refractivity contribution in [3.05, 3.63) is 33.8 Å². The first-order valence-electron chi connectivity index (χ1n) is 7.41. The number of rotatable bonds is 4. The van der Waals surface area contributed by atoms with E-state index < -0.39 is 0 Å². The Morgan fingerprint density at radius 1 is 1.16 bits per heavy atom. The first-order chi connectivity index (χ1) is 9.24. The van der Waals surface area contributed by atoms with Crippen LogP contribution in [0.3, 0.4) is 0 Å². The minimum Gasteiger partial charge on any atom is -0.310 e. The highest BCUT2D eigenvalue weighted by Gasteiger charge is 2.25. The van der Waals surface area contributed by atoms with E-state index in [9.17, 15) is 0 Å². The van der Waals surface area contributed by atoms with Gasteiger partial charge in [-0.1, -0.05) is 67.9 Å². The Kier molecular flexibility index (Phi) is 6.00. The molecule has 1 aliphatic rings. The quantitative estimate of drug-likeness (QED) is 0.712. The van der Waals surface area contributed by atoms with Gasteiger partial charge in [-0.15, -0.1) is 0 Å². The highest BCUT2D eigenvalue weighted by molar-refractivity contribution is 6.42. The molecule has 3 heteroatoms. The fourth-order valence-corrected chi connectivity index (χ4v) is 3.58. The van der Waals surface area contributed by atoms with E-state index in [4.69, 9.17) is 23.2 Å². The van der Waals surface area contributed by atoms with Gasteiger partial charge in [0.05, 0.1) is 10.0 Å². The van der Waals surface area contributed by atoms with E-state index in [1.807, 2.05) is 12.1 Å². The van der Waals surface area contributed by atoms with E-state index in [0.717, 1.165) is 11.6 Å². The van der Waals surface area contributed by atoms with Gasteiger partial charge in [-0.2, -0.15) is 0 Å². The number of halogens is 2. The van der Waals surface area contributed by atoms with Crippen LogP contribution >= 0.6 is 23.2 Å². The van der Waals surface area contributed by atoms with Crippen molar-refractivity contribution in [3.63, 3.8) is 0 Å². The van der Waals surface area contributed by atoms with Gasteiger partial charge in [0.15, 0.2) is 0 Å². The molecule has 0 aliphatic heterocycles. The molecule has 0 amide bonds. The van der Waals surface area contributed by atoms with Gasteiger partial charge in [-0.3, -0.25) is 0 Å². The van der Waals surface area contributed by atoms with E-state index in [1.54, 1.807) is 0 Å². The van der Waals surface area contributed by atoms with E-state index in [1.165, 1.54) is 44.1 Å². The highest BCUT2D eigenvalue weighted by Crippen LogP contribution is 2.38. The summed E-state index contributed by atoms with van der Waals surface area (Å²) in [7, 11) is 0. The molecule has 1 saturated carbocycles. The van der Waals surface area contributed by atoms with Crippen LogP contribution in [0.4, 0.5) is 0 Å². The first-order valence-corrected chi connectivity index (χ1v) is 8.17. The molecule has 1 unspecified atom stereocenters. The maximum Gasteiger partial charge on any atom is 0.0640 e. The Labute approximate surface area is 126 Å². The predicted molar refractivity (Wildman–Crippen MR) is 84.1 cm³/mol. The van der Waals surface area contributed by atoms with Gasteiger partial charge < -0.3 is 5.32 Å². The second-order valence-corrected chi connectivity index (χ2v) is 6.22. The molecule has 1 fully saturated rings. The number of benzene rings is 1. The van der Waals surface area contributed by atoms with Crippen molar-refractivity contribution in [2.45, 2.75) is 51.5 Å². The molecule has 1 N–H and O–H groups in total. The minimum absolute atomic E-state index is 0.342. The third kappa shape index (κ3) is 3.87. The van der Waals surface area contributed by atoms with Crippen molar-refractivity contribution in [2.75, 3.05) is 6.54 Å². The smallest absolute Gasteiger partial charge is 0.0640 e. The second-order valence-electron chi connectivity index (χ2n) is 5.43. The summed E-state index contributed by atoms with van der Waals surface area (Å²) >= 11 is 12.6. The maximum absolute atomic E-state index is 6.41. The Bertz CT molecular complexity index is 398. The van der Waals surface area contributed by atoms with Crippen LogP contribution in [0.2, 0.25) is 10.0 Å². The van der Waals surface area contributed by atoms with Crippen molar-refractivity contribution in [2.24, 2.45) is 5.92 Å². The summed E-state index contributed by atoms with van der Waals surface area (Å²) in [6, 6.07) is 6.33. The largest absolute Gasteiger partial charge is 0.310 e. The van der Waals surface area contributed by atoms with Gasteiger partial charge in [-0.05, 0) is 36.9 Å². The molecule has 0 bridgehead atoms. The molecule has 106 valence electrons. The molecule has 0 radical (unpaired) electrons. The van der Waals surface area contributed by atoms with Gasteiger partial charge in [0.2, 0.25) is 0 Å². The van der Waals surface area contributed by atoms with Crippen LogP contribution in [0, 0.1) is 5.92 Å². The first kappa shape index (κ1) is 15.2. The molecule has 1 aromatic carbocycles. The van der Waals surface area contributed by atoms with Crippen molar-refractivity contribution >= 4 is 23.2 Å². The molecule has 1 nitrogen and oxygen atoms in total. The summed E-state index contributed by atoms with van der Waals surface area (Å²) in [5.74, 6) is 0.679. The summed E-state index contributed by atoms with van der Waals surface area (Å²) in [5.41, 5.74) is 1.17. The van der Waals surface area contributed by atoms with Crippen LogP contribution in [0.1, 0.15) is 57.1 Å². The summed E-state index contributed by atoms with van der Waals surface area (Å²) in [5, 5.41) is 5.01. The van der Waals surface area contributed by atoms with Crippen LogP contribution in [-0.2, 0) is 0 Å². The lowest BCUT2D eigenvalue weighted by molar-refractivity contribution is 0.330. The number of hydrogen-bond donors (Lipinski definition) is 1. The fraction of sp³-hybridized carbons (Fsp3) is 0.625. The molecule has 1 aromatic rings. The Morgan fingerprint density at radius 3 is 2.47 bits per heavy atom. The van der Waals surface area contributed by atoms with E-state index in [2.05, 4.69) is 18.3 Å². The molecular formula is C16H23Cl2N. The zero-order valence-electron chi connectivity index (χ0n) is 11.6. The van der Waals surface area contributed by atoms with E-state index in [-0.39, 0.29) is 0 Å². The van der Waals surface area contributed by atoms with Crippen molar-refractivity contribution in [1.29, 1.82) is 0 Å². The van der Waals surface area contributed by atoms with Crippen LogP contribution < -0.4 is 5.32 Å². The minimum atomic E-state index is 0.342. The predicted octanol–water partition coefficient (Wildman–Crippen LogP) is 5.61. The number of nitrogens with one attached hydrogen (secondary N) is 1. The standard InChI is InChI=1S/C16H23Cl2N/c1-2-19-16(12-8-5-3-4-6-9-12)13-10-7-11-14(17)15(13)18/h7,10-12,16,19H,2-6,8-9H2,1H3. The Balaban J connectivity index is 2.25. The monoisotopic (exact) mass is 299 g/mol. The number of hydrogen-bond acceptors (Lipinski definition) is 1. The van der Waals surface area contributed by atoms with E-state index in [0.29, 0.717) is 17.0 Å². The Hall–Kier alpha value is -0.240. The third-order valence-electron chi connectivity index (χ3n) is 4.11. The molecule has 2 rings (SSSR count). The van der Waals surface area contributed by atoms with Crippen LogP contribution in [-0.4, -0.2) is 6.54 Å². The topological polar surface area (TPSA) is 12.0 Å². The summed E-state index contributed by atoms with van der Waals surface area (Å²) in [6.07, 6.45) is 8.01. The summed E-state index contributed by atoms with van der Waals surface area (Å²) < 4.78 is 0. The molecular weight excluding hydrogens is 277 g/mol. The fourth-order valence-electron chi connectivity index (χ4n) is 3.16. The van der Waals surface area contributed by atoms with Crippen LogP contribution in [0.15, 0.2) is 18.2 Å². The second kappa shape index (κ2) is 7.52. The van der Waals surface area contributed by atoms with Crippen LogP contribution in [0.5, 0.6) is 0 Å². The average Bonchev–Trinajstić information content (AvgIpc) is 2.68. The zero-order chi connectivity index (χ0) is 13.7. The van der Waals surface area contributed by atoms with Gasteiger partial charge in [0, 0.05) is 6.04 Å². The highest BCUT2D eigenvalue weighted by atomic mass is 35.5. The van der Waals surface area contributed by atoms with E-state index >= 15 is 0 Å². The van der Waals surface area contributed by atoms with Gasteiger partial charge in [-0.25, -0.2) is 0 Å². The van der Waals surface area contributed by atoms with Crippen molar-refractivity contribution in [3.8, 4) is 0 Å². The van der Waals surface area contributed by atoms with Crippen molar-refractivity contribution < 1.29 is 0 Å². The molecule has 0 spiro atoms. The summed E-state index contributed by atoms with van der Waals surface area (Å²) in [6.45, 7) is 3.12. The third-order valence-corrected chi connectivity index (χ3v) is 4.95. The zero-order valence-corrected chi connectivity index (χ0v) is 13.1. The lowest BCUT2D eigenvalue weighted by Crippen LogP contribution is -2.28. The lowest BCUT2D eigenvalue weighted by atomic mass is 9.87. The average molecular weight is 300 g/mol. The lowest BCUT2D eigenvalue weighted by Gasteiger charge is -2.28. The van der Waals surface area contributed by atoms with Gasteiger partial charge in [0.25, 0.3) is 0 Å². The molecule has 0 aromatic heterocycles. The molecule has 1 aliphatic carbocycles. The maximum atomic E-state index is 6.41. The van der Waals surface area contributed by atoms with Crippen molar-refractivity contribution in [1.82, 2.24) is 5.32 Å². The Morgan fingerprint density at radius 2 is 1.84 bits per heavy atom. The molecule has 19 heavy (non-hydrogen) atoms. The SMILES string of the molecule is CCNC(c1cccc(Cl)c1Cl)C1CCCCCC1. The normalized spacial score (nSPS) is 19.1. The molecule has 1 atom stereocenters. The molecule has 0 heterocycles. The van der Waals surface area contributed by atoms with Crippen LogP contribution in [0.25, 0.3) is 0 Å². The molecule has 0 saturated heterocycles. The van der Waals surface area contributed by atoms with Gasteiger partial charge in [0.1, 0.15) is 0 Å². The van der Waals surface area contributed by atoms with Gasteiger partial charge >= 0.3 is 0 Å².